The van der Waals surface area contributed by atoms with E-state index in [9.17, 15) is 18.4 Å². The van der Waals surface area contributed by atoms with Gasteiger partial charge >= 0.3 is 0 Å². The van der Waals surface area contributed by atoms with Crippen molar-refractivity contribution in [2.24, 2.45) is 0 Å². The molecule has 1 aromatic heterocycles. The fourth-order valence-electron chi connectivity index (χ4n) is 4.04. The summed E-state index contributed by atoms with van der Waals surface area (Å²) < 4.78 is 32.8. The number of carbonyl (C=O) groups excluding carboxylic acids is 2. The van der Waals surface area contributed by atoms with Crippen LogP contribution in [-0.4, -0.2) is 11.8 Å². The fourth-order valence-corrected chi connectivity index (χ4v) is 4.04. The molecule has 4 aromatic rings. The Kier molecular flexibility index (Phi) is 4.32. The third kappa shape index (κ3) is 3.06. The lowest BCUT2D eigenvalue weighted by atomic mass is 9.93. The Morgan fingerprint density at radius 3 is 2.71 bits per heavy atom. The van der Waals surface area contributed by atoms with E-state index >= 15 is 0 Å². The van der Waals surface area contributed by atoms with Crippen LogP contribution in [0.4, 0.5) is 14.5 Å². The molecule has 0 fully saturated rings. The summed E-state index contributed by atoms with van der Waals surface area (Å²) in [6.07, 6.45) is 1.09. The van der Waals surface area contributed by atoms with E-state index < -0.39 is 23.6 Å². The molecule has 3 aromatic carbocycles. The molecular formula is C24H16F2N2O3. The summed E-state index contributed by atoms with van der Waals surface area (Å²) >= 11 is 0. The second-order valence-electron chi connectivity index (χ2n) is 7.40. The van der Waals surface area contributed by atoms with Gasteiger partial charge in [-0.05, 0) is 36.2 Å². The van der Waals surface area contributed by atoms with Gasteiger partial charge in [0.15, 0.2) is 11.4 Å². The highest BCUT2D eigenvalue weighted by Gasteiger charge is 2.33. The smallest absolute Gasteiger partial charge is 0.259 e. The third-order valence-corrected chi connectivity index (χ3v) is 5.50. The summed E-state index contributed by atoms with van der Waals surface area (Å²) in [4.78, 5) is 25.5. The van der Waals surface area contributed by atoms with Gasteiger partial charge < -0.3 is 15.1 Å². The highest BCUT2D eigenvalue weighted by Crippen LogP contribution is 2.38. The molecular weight excluding hydrogens is 402 g/mol. The number of carbonyl (C=O) groups is 2. The highest BCUT2D eigenvalue weighted by atomic mass is 19.1. The summed E-state index contributed by atoms with van der Waals surface area (Å²) in [6.45, 7) is 1.95. The first-order valence-electron chi connectivity index (χ1n) is 9.61. The van der Waals surface area contributed by atoms with E-state index in [1.807, 2.05) is 31.2 Å². The summed E-state index contributed by atoms with van der Waals surface area (Å²) in [7, 11) is 0. The number of anilines is 1. The second kappa shape index (κ2) is 7.05. The molecule has 154 valence electrons. The predicted molar refractivity (Wildman–Crippen MR) is 111 cm³/mol. The Labute approximate surface area is 175 Å². The van der Waals surface area contributed by atoms with Crippen molar-refractivity contribution >= 4 is 28.5 Å². The Morgan fingerprint density at radius 1 is 1.10 bits per heavy atom. The van der Waals surface area contributed by atoms with Crippen LogP contribution in [0.3, 0.4) is 0 Å². The summed E-state index contributed by atoms with van der Waals surface area (Å²) in [6, 6.07) is 14.0. The molecule has 0 unspecified atom stereocenters. The zero-order valence-electron chi connectivity index (χ0n) is 16.3. The average Bonchev–Trinajstić information content (AvgIpc) is 3.31. The van der Waals surface area contributed by atoms with Gasteiger partial charge in [0.25, 0.3) is 11.8 Å². The molecule has 0 bridgehead atoms. The van der Waals surface area contributed by atoms with Crippen molar-refractivity contribution in [3.8, 4) is 0 Å². The minimum absolute atomic E-state index is 0.00396. The molecule has 2 amide bonds. The number of hydrogen-bond donors (Lipinski definition) is 2. The molecule has 1 aliphatic heterocycles. The minimum Gasteiger partial charge on any atom is -0.460 e. The van der Waals surface area contributed by atoms with Gasteiger partial charge in [-0.1, -0.05) is 30.3 Å². The predicted octanol–water partition coefficient (Wildman–Crippen LogP) is 5.10. The van der Waals surface area contributed by atoms with Gasteiger partial charge in [-0.15, -0.1) is 0 Å². The lowest BCUT2D eigenvalue weighted by molar-refractivity contribution is 0.0959. The summed E-state index contributed by atoms with van der Waals surface area (Å²) in [5.41, 5.74) is 3.23. The molecule has 0 aliphatic carbocycles. The van der Waals surface area contributed by atoms with Crippen LogP contribution in [0, 0.1) is 18.6 Å². The molecule has 5 nitrogen and oxygen atoms in total. The number of rotatable bonds is 3. The second-order valence-corrected chi connectivity index (χ2v) is 7.40. The number of benzene rings is 3. The molecule has 1 aliphatic rings. The SMILES string of the molecule is Cc1ccccc1[C@@H]1NC(=O)c2cccc(NC(=O)c3coc4c(F)cc(F)cc34)c21. The first-order chi connectivity index (χ1) is 14.9. The average molecular weight is 418 g/mol. The first-order valence-corrected chi connectivity index (χ1v) is 9.61. The van der Waals surface area contributed by atoms with Crippen molar-refractivity contribution in [2.75, 3.05) is 5.32 Å². The van der Waals surface area contributed by atoms with Crippen molar-refractivity contribution in [1.82, 2.24) is 5.32 Å². The zero-order valence-corrected chi connectivity index (χ0v) is 16.3. The Bertz CT molecular complexity index is 1380. The standard InChI is InChI=1S/C24H16F2N2O3/c1-12-5-2-3-6-14(12)21-20-15(23(29)28-21)7-4-8-19(20)27-24(30)17-11-31-22-16(17)9-13(25)10-18(22)26/h2-11,21H,1H3,(H,27,30)(H,28,29)/t21-/m0/s1. The molecule has 31 heavy (non-hydrogen) atoms. The van der Waals surface area contributed by atoms with E-state index in [-0.39, 0.29) is 22.4 Å². The molecule has 7 heteroatoms. The molecule has 2 N–H and O–H groups in total. The molecule has 0 saturated heterocycles. The van der Waals surface area contributed by atoms with Crippen molar-refractivity contribution < 1.29 is 22.8 Å². The largest absolute Gasteiger partial charge is 0.460 e. The molecule has 0 radical (unpaired) electrons. The van der Waals surface area contributed by atoms with Gasteiger partial charge in [0.1, 0.15) is 12.1 Å². The number of fused-ring (bicyclic) bond motifs is 2. The number of halogens is 2. The quantitative estimate of drug-likeness (QED) is 0.486. The Balaban J connectivity index is 1.57. The van der Waals surface area contributed by atoms with E-state index in [0.29, 0.717) is 22.9 Å². The van der Waals surface area contributed by atoms with Crippen LogP contribution in [0.25, 0.3) is 11.0 Å². The van der Waals surface area contributed by atoms with Crippen LogP contribution >= 0.6 is 0 Å². The Hall–Kier alpha value is -4.00. The lowest BCUT2D eigenvalue weighted by Crippen LogP contribution is -2.21. The maximum absolute atomic E-state index is 13.9. The third-order valence-electron chi connectivity index (χ3n) is 5.50. The minimum atomic E-state index is -0.885. The summed E-state index contributed by atoms with van der Waals surface area (Å²) in [5, 5.41) is 5.78. The van der Waals surface area contributed by atoms with Crippen molar-refractivity contribution in [2.45, 2.75) is 13.0 Å². The van der Waals surface area contributed by atoms with E-state index in [2.05, 4.69) is 10.6 Å². The first kappa shape index (κ1) is 19.0. The van der Waals surface area contributed by atoms with E-state index in [4.69, 9.17) is 4.42 Å². The number of amides is 2. The van der Waals surface area contributed by atoms with Gasteiger partial charge in [-0.2, -0.15) is 0 Å². The topological polar surface area (TPSA) is 71.3 Å². The summed E-state index contributed by atoms with van der Waals surface area (Å²) in [5.74, 6) is -2.53. The van der Waals surface area contributed by atoms with Crippen LogP contribution in [-0.2, 0) is 0 Å². The van der Waals surface area contributed by atoms with Crippen molar-refractivity contribution in [1.29, 1.82) is 0 Å². The molecule has 5 rings (SSSR count). The van der Waals surface area contributed by atoms with Gasteiger partial charge in [-0.25, -0.2) is 8.78 Å². The lowest BCUT2D eigenvalue weighted by Gasteiger charge is -2.18. The number of nitrogens with one attached hydrogen (secondary N) is 2. The van der Waals surface area contributed by atoms with Crippen molar-refractivity contribution in [3.63, 3.8) is 0 Å². The van der Waals surface area contributed by atoms with E-state index in [1.54, 1.807) is 18.2 Å². The Morgan fingerprint density at radius 2 is 1.90 bits per heavy atom. The number of hydrogen-bond acceptors (Lipinski definition) is 3. The van der Waals surface area contributed by atoms with Crippen LogP contribution in [0.15, 0.2) is 65.3 Å². The van der Waals surface area contributed by atoms with Crippen molar-refractivity contribution in [3.05, 3.63) is 100 Å². The number of aryl methyl sites for hydroxylation is 1. The zero-order chi connectivity index (χ0) is 21.7. The van der Waals surface area contributed by atoms with Gasteiger partial charge in [0.05, 0.1) is 11.6 Å². The van der Waals surface area contributed by atoms with Gasteiger partial charge in [0.2, 0.25) is 0 Å². The van der Waals surface area contributed by atoms with Gasteiger partial charge in [-0.3, -0.25) is 9.59 Å². The normalized spacial score (nSPS) is 15.1. The maximum atomic E-state index is 13.9. The monoisotopic (exact) mass is 418 g/mol. The van der Waals surface area contributed by atoms with Crippen LogP contribution in [0.5, 0.6) is 0 Å². The fraction of sp³-hybridized carbons (Fsp3) is 0.0833. The molecule has 1 atom stereocenters. The van der Waals surface area contributed by atoms with E-state index in [1.165, 1.54) is 0 Å². The molecule has 2 heterocycles. The molecule has 0 spiro atoms. The van der Waals surface area contributed by atoms with Crippen LogP contribution < -0.4 is 10.6 Å². The number of furan rings is 1. The van der Waals surface area contributed by atoms with E-state index in [0.717, 1.165) is 23.5 Å². The van der Waals surface area contributed by atoms with Gasteiger partial charge in [0, 0.05) is 28.3 Å². The highest BCUT2D eigenvalue weighted by molar-refractivity contribution is 6.13. The van der Waals surface area contributed by atoms with Crippen LogP contribution in [0.2, 0.25) is 0 Å². The van der Waals surface area contributed by atoms with Crippen LogP contribution in [0.1, 0.15) is 43.4 Å². The maximum Gasteiger partial charge on any atom is 0.259 e. The molecule has 0 saturated carbocycles.